The van der Waals surface area contributed by atoms with Gasteiger partial charge in [0.2, 0.25) is 0 Å². The number of carbonyl (C=O) groups excluding carboxylic acids is 2. The van der Waals surface area contributed by atoms with Gasteiger partial charge in [-0.15, -0.1) is 0 Å². The van der Waals surface area contributed by atoms with Crippen LogP contribution in [0.5, 0.6) is 11.5 Å². The van der Waals surface area contributed by atoms with Crippen LogP contribution in [0.1, 0.15) is 10.4 Å². The Balaban J connectivity index is 2.07. The fourth-order valence-corrected chi connectivity index (χ4v) is 1.64. The molecule has 0 radical (unpaired) electrons. The third kappa shape index (κ3) is 3.72. The first-order chi connectivity index (χ1) is 9.97. The highest BCUT2D eigenvalue weighted by atomic mass is 16.5. The lowest BCUT2D eigenvalue weighted by Gasteiger charge is -2.04. The largest absolute Gasteiger partial charge is 0.508 e. The normalized spacial score (nSPS) is 10.1. The highest BCUT2D eigenvalue weighted by molar-refractivity contribution is 6.04. The monoisotopic (exact) mass is 291 g/mol. The van der Waals surface area contributed by atoms with Crippen molar-refractivity contribution < 1.29 is 24.5 Å². The molecule has 0 atom stereocenters. The van der Waals surface area contributed by atoms with E-state index in [0.29, 0.717) is 5.69 Å². The molecule has 1 heterocycles. The molecule has 0 aliphatic heterocycles. The second-order valence-corrected chi connectivity index (χ2v) is 4.19. The van der Waals surface area contributed by atoms with Gasteiger partial charge in [0.1, 0.15) is 18.0 Å². The minimum Gasteiger partial charge on any atom is -0.508 e. The minimum absolute atomic E-state index is 0.0702. The maximum Gasteiger partial charge on any atom is 0.327 e. The van der Waals surface area contributed by atoms with Crippen LogP contribution in [0.2, 0.25) is 0 Å². The van der Waals surface area contributed by atoms with Crippen molar-refractivity contribution in [2.45, 2.75) is 6.54 Å². The summed E-state index contributed by atoms with van der Waals surface area (Å²) in [4.78, 5) is 23.0. The lowest BCUT2D eigenvalue weighted by molar-refractivity contribution is -0.141. The van der Waals surface area contributed by atoms with Gasteiger partial charge in [0.25, 0.3) is 5.91 Å². The highest BCUT2D eigenvalue weighted by Gasteiger charge is 2.11. The molecular weight excluding hydrogens is 278 g/mol. The standard InChI is InChI=1S/C13H13N3O5/c1-21-12(19)7-16-6-9(5-14-16)15-13(20)8-2-10(17)4-11(18)3-8/h2-6,17-18H,7H2,1H3,(H,15,20). The van der Waals surface area contributed by atoms with Gasteiger partial charge in [0.15, 0.2) is 0 Å². The average Bonchev–Trinajstić information content (AvgIpc) is 2.84. The number of phenols is 2. The van der Waals surface area contributed by atoms with Gasteiger partial charge in [-0.1, -0.05) is 0 Å². The minimum atomic E-state index is -0.529. The first-order valence-electron chi connectivity index (χ1n) is 5.91. The Morgan fingerprint density at radius 2 is 1.95 bits per heavy atom. The average molecular weight is 291 g/mol. The van der Waals surface area contributed by atoms with E-state index in [1.807, 2.05) is 0 Å². The third-order valence-electron chi connectivity index (χ3n) is 2.57. The van der Waals surface area contributed by atoms with Gasteiger partial charge in [-0.3, -0.25) is 14.3 Å². The SMILES string of the molecule is COC(=O)Cn1cc(NC(=O)c2cc(O)cc(O)c2)cn1. The second-order valence-electron chi connectivity index (χ2n) is 4.19. The third-order valence-corrected chi connectivity index (χ3v) is 2.57. The number of benzene rings is 1. The molecule has 0 saturated carbocycles. The van der Waals surface area contributed by atoms with E-state index in [1.54, 1.807) is 0 Å². The summed E-state index contributed by atoms with van der Waals surface area (Å²) in [5.74, 6) is -1.43. The van der Waals surface area contributed by atoms with Gasteiger partial charge in [0.05, 0.1) is 19.0 Å². The number of hydrogen-bond donors (Lipinski definition) is 3. The summed E-state index contributed by atoms with van der Waals surface area (Å²) < 4.78 is 5.80. The van der Waals surface area contributed by atoms with Crippen molar-refractivity contribution in [2.75, 3.05) is 12.4 Å². The van der Waals surface area contributed by atoms with Gasteiger partial charge in [-0.25, -0.2) is 0 Å². The number of carbonyl (C=O) groups is 2. The number of aromatic nitrogens is 2. The topological polar surface area (TPSA) is 114 Å². The second kappa shape index (κ2) is 5.95. The van der Waals surface area contributed by atoms with Crippen molar-refractivity contribution >= 4 is 17.6 Å². The number of nitrogens with zero attached hydrogens (tertiary/aromatic N) is 2. The summed E-state index contributed by atoms with van der Waals surface area (Å²) in [6.45, 7) is -0.0702. The smallest absolute Gasteiger partial charge is 0.327 e. The zero-order valence-electron chi connectivity index (χ0n) is 11.1. The first kappa shape index (κ1) is 14.4. The van der Waals surface area contributed by atoms with Crippen LogP contribution < -0.4 is 5.32 Å². The maximum atomic E-state index is 11.9. The summed E-state index contributed by atoms with van der Waals surface area (Å²) >= 11 is 0. The number of esters is 1. The number of nitrogens with one attached hydrogen (secondary N) is 1. The molecule has 2 rings (SSSR count). The van der Waals surface area contributed by atoms with Crippen molar-refractivity contribution in [2.24, 2.45) is 0 Å². The number of rotatable bonds is 4. The number of amides is 1. The molecule has 0 fully saturated rings. The van der Waals surface area contributed by atoms with Gasteiger partial charge >= 0.3 is 5.97 Å². The number of phenolic OH excluding ortho intramolecular Hbond substituents is 2. The van der Waals surface area contributed by atoms with E-state index in [2.05, 4.69) is 15.2 Å². The Hall–Kier alpha value is -3.03. The molecule has 1 aromatic carbocycles. The van der Waals surface area contributed by atoms with Crippen LogP contribution in [0.25, 0.3) is 0 Å². The fourth-order valence-electron chi connectivity index (χ4n) is 1.64. The Morgan fingerprint density at radius 3 is 2.57 bits per heavy atom. The molecule has 0 spiro atoms. The molecule has 0 saturated heterocycles. The van der Waals surface area contributed by atoms with Gasteiger partial charge in [-0.05, 0) is 12.1 Å². The van der Waals surface area contributed by atoms with Crippen molar-refractivity contribution in [1.82, 2.24) is 9.78 Å². The molecule has 0 unspecified atom stereocenters. The first-order valence-corrected chi connectivity index (χ1v) is 5.91. The summed E-state index contributed by atoms with van der Waals surface area (Å²) in [6.07, 6.45) is 2.82. The molecule has 0 aliphatic carbocycles. The van der Waals surface area contributed by atoms with E-state index in [9.17, 15) is 19.8 Å². The number of ether oxygens (including phenoxy) is 1. The van der Waals surface area contributed by atoms with E-state index >= 15 is 0 Å². The van der Waals surface area contributed by atoms with Gasteiger partial charge in [0, 0.05) is 17.8 Å². The van der Waals surface area contributed by atoms with Crippen LogP contribution in [-0.4, -0.2) is 39.0 Å². The van der Waals surface area contributed by atoms with Crippen LogP contribution in [0.15, 0.2) is 30.6 Å². The number of anilines is 1. The molecule has 110 valence electrons. The molecule has 21 heavy (non-hydrogen) atoms. The number of hydrogen-bond acceptors (Lipinski definition) is 6. The number of aromatic hydroxyl groups is 2. The molecule has 2 aromatic rings. The fraction of sp³-hybridized carbons (Fsp3) is 0.154. The molecule has 8 heteroatoms. The number of methoxy groups -OCH3 is 1. The molecule has 1 amide bonds. The van der Waals surface area contributed by atoms with Gasteiger partial charge < -0.3 is 20.3 Å². The van der Waals surface area contributed by atoms with E-state index in [0.717, 1.165) is 6.07 Å². The quantitative estimate of drug-likeness (QED) is 0.715. The molecule has 8 nitrogen and oxygen atoms in total. The predicted octanol–water partition coefficient (Wildman–Crippen LogP) is 0.720. The molecular formula is C13H13N3O5. The molecule has 0 aliphatic rings. The van der Waals surface area contributed by atoms with E-state index in [4.69, 9.17) is 0 Å². The van der Waals surface area contributed by atoms with Crippen LogP contribution in [-0.2, 0) is 16.1 Å². The molecule has 0 bridgehead atoms. The molecule has 1 aromatic heterocycles. The lowest BCUT2D eigenvalue weighted by Crippen LogP contribution is -2.12. The zero-order valence-corrected chi connectivity index (χ0v) is 11.1. The van der Waals surface area contributed by atoms with Crippen molar-refractivity contribution in [3.63, 3.8) is 0 Å². The lowest BCUT2D eigenvalue weighted by atomic mass is 10.2. The molecule has 3 N–H and O–H groups in total. The Morgan fingerprint density at radius 1 is 1.29 bits per heavy atom. The van der Waals surface area contributed by atoms with Crippen LogP contribution >= 0.6 is 0 Å². The Kier molecular flexibility index (Phi) is 4.07. The maximum absolute atomic E-state index is 11.9. The van der Waals surface area contributed by atoms with Crippen LogP contribution in [0, 0.1) is 0 Å². The van der Waals surface area contributed by atoms with Gasteiger partial charge in [-0.2, -0.15) is 5.10 Å². The summed E-state index contributed by atoms with van der Waals surface area (Å²) in [5.41, 5.74) is 0.458. The Bertz CT molecular complexity index is 660. The van der Waals surface area contributed by atoms with E-state index in [1.165, 1.54) is 36.3 Å². The van der Waals surface area contributed by atoms with Crippen LogP contribution in [0.4, 0.5) is 5.69 Å². The highest BCUT2D eigenvalue weighted by Crippen LogP contribution is 2.21. The zero-order chi connectivity index (χ0) is 15.4. The Labute approximate surface area is 119 Å². The summed E-state index contributed by atoms with van der Waals surface area (Å²) in [7, 11) is 1.27. The van der Waals surface area contributed by atoms with Crippen molar-refractivity contribution in [3.05, 3.63) is 36.2 Å². The summed E-state index contributed by atoms with van der Waals surface area (Å²) in [6, 6.07) is 3.55. The van der Waals surface area contributed by atoms with Crippen molar-refractivity contribution in [3.8, 4) is 11.5 Å². The van der Waals surface area contributed by atoms with E-state index < -0.39 is 11.9 Å². The van der Waals surface area contributed by atoms with E-state index in [-0.39, 0.29) is 23.6 Å². The summed E-state index contributed by atoms with van der Waals surface area (Å²) in [5, 5.41) is 25.1. The van der Waals surface area contributed by atoms with Crippen molar-refractivity contribution in [1.29, 1.82) is 0 Å². The van der Waals surface area contributed by atoms with Crippen LogP contribution in [0.3, 0.4) is 0 Å². The predicted molar refractivity (Wildman–Crippen MR) is 72.0 cm³/mol.